The van der Waals surface area contributed by atoms with Crippen LogP contribution in [0.3, 0.4) is 0 Å². The largest absolute Gasteiger partial charge is 0.495 e. The lowest BCUT2D eigenvalue weighted by atomic mass is 10.1. The number of para-hydroxylation sites is 2. The number of rotatable bonds is 5. The van der Waals surface area contributed by atoms with Crippen molar-refractivity contribution in [3.63, 3.8) is 0 Å². The summed E-state index contributed by atoms with van der Waals surface area (Å²) in [7, 11) is 1.40. The number of hydrogen-bond acceptors (Lipinski definition) is 6. The van der Waals surface area contributed by atoms with E-state index < -0.39 is 23.8 Å². The molecule has 0 aliphatic carbocycles. The number of urea groups is 1. The molecule has 1 aliphatic heterocycles. The molecule has 1 fully saturated rings. The minimum Gasteiger partial charge on any atom is -0.495 e. The van der Waals surface area contributed by atoms with Crippen molar-refractivity contribution in [1.82, 2.24) is 5.32 Å². The molecule has 4 amide bonds. The number of imide groups is 2. The molecule has 176 valence electrons. The molecule has 0 unspecified atom stereocenters. The maximum Gasteiger partial charge on any atom is 0.343 e. The summed E-state index contributed by atoms with van der Waals surface area (Å²) in [5, 5.41) is 2.62. The molecule has 0 saturated carbocycles. The van der Waals surface area contributed by atoms with Crippen molar-refractivity contribution >= 4 is 63.1 Å². The maximum atomic E-state index is 13.3. The molecule has 0 aromatic heterocycles. The van der Waals surface area contributed by atoms with Gasteiger partial charge in [-0.05, 0) is 60.7 Å². The quantitative estimate of drug-likeness (QED) is 0.206. The van der Waals surface area contributed by atoms with E-state index in [2.05, 4.69) is 21.2 Å². The zero-order valence-electron chi connectivity index (χ0n) is 18.1. The molecule has 1 aliphatic rings. The number of nitrogens with zero attached hydrogens (tertiary/aromatic N) is 1. The zero-order chi connectivity index (χ0) is 25.1. The van der Waals surface area contributed by atoms with E-state index in [1.54, 1.807) is 42.5 Å². The van der Waals surface area contributed by atoms with Crippen molar-refractivity contribution in [2.75, 3.05) is 12.0 Å². The standard InChI is InChI=1S/C25H16BrClN2O6/c1-34-21-5-3-2-4-19(21)29-23(31)18(22(30)28-25(29)33)13-15-12-16(26)8-11-20(15)35-24(32)14-6-9-17(27)10-7-14/h2-13H,1H3,(H,28,30,33)/b18-13-. The molecule has 3 aromatic rings. The first-order valence-electron chi connectivity index (χ1n) is 10.1. The fraction of sp³-hybridized carbons (Fsp3) is 0.0400. The summed E-state index contributed by atoms with van der Waals surface area (Å²) in [6.07, 6.45) is 1.25. The molecular weight excluding hydrogens is 540 g/mol. The van der Waals surface area contributed by atoms with E-state index >= 15 is 0 Å². The molecule has 1 N–H and O–H groups in total. The molecule has 1 saturated heterocycles. The molecule has 3 aromatic carbocycles. The van der Waals surface area contributed by atoms with E-state index in [0.717, 1.165) is 4.90 Å². The van der Waals surface area contributed by atoms with Crippen LogP contribution in [0.25, 0.3) is 6.08 Å². The maximum absolute atomic E-state index is 13.3. The van der Waals surface area contributed by atoms with E-state index in [1.807, 2.05) is 0 Å². The first-order valence-corrected chi connectivity index (χ1v) is 11.3. The van der Waals surface area contributed by atoms with Gasteiger partial charge in [-0.2, -0.15) is 0 Å². The number of carbonyl (C=O) groups is 4. The summed E-state index contributed by atoms with van der Waals surface area (Å²) < 4.78 is 11.4. The van der Waals surface area contributed by atoms with Crippen LogP contribution in [0.5, 0.6) is 11.5 Å². The van der Waals surface area contributed by atoms with E-state index in [9.17, 15) is 19.2 Å². The Morgan fingerprint density at radius 1 is 1.00 bits per heavy atom. The first-order chi connectivity index (χ1) is 16.8. The van der Waals surface area contributed by atoms with Crippen molar-refractivity contribution in [3.8, 4) is 11.5 Å². The predicted molar refractivity (Wildman–Crippen MR) is 133 cm³/mol. The summed E-state index contributed by atoms with van der Waals surface area (Å²) in [6.45, 7) is 0. The van der Waals surface area contributed by atoms with Crippen LogP contribution in [0, 0.1) is 0 Å². The Kier molecular flexibility index (Phi) is 6.99. The van der Waals surface area contributed by atoms with Gasteiger partial charge in [0.25, 0.3) is 11.8 Å². The first kappa shape index (κ1) is 24.2. The number of ether oxygens (including phenoxy) is 2. The molecule has 8 nitrogen and oxygen atoms in total. The average Bonchev–Trinajstić information content (AvgIpc) is 2.84. The van der Waals surface area contributed by atoms with Crippen LogP contribution in [0.15, 0.2) is 76.8 Å². The second kappa shape index (κ2) is 10.1. The van der Waals surface area contributed by atoms with Crippen LogP contribution >= 0.6 is 27.5 Å². The molecule has 0 bridgehead atoms. The third kappa shape index (κ3) is 5.11. The Bertz CT molecular complexity index is 1390. The highest BCUT2D eigenvalue weighted by Crippen LogP contribution is 2.32. The van der Waals surface area contributed by atoms with E-state index in [0.29, 0.717) is 9.50 Å². The number of nitrogens with one attached hydrogen (secondary N) is 1. The van der Waals surface area contributed by atoms with E-state index in [4.69, 9.17) is 21.1 Å². The van der Waals surface area contributed by atoms with Gasteiger partial charge in [0.1, 0.15) is 17.1 Å². The van der Waals surface area contributed by atoms with E-state index in [-0.39, 0.29) is 33.9 Å². The number of carbonyl (C=O) groups excluding carboxylic acids is 4. The number of barbiturate groups is 1. The van der Waals surface area contributed by atoms with Gasteiger partial charge in [-0.3, -0.25) is 14.9 Å². The smallest absolute Gasteiger partial charge is 0.343 e. The van der Waals surface area contributed by atoms with Gasteiger partial charge in [0, 0.05) is 15.1 Å². The van der Waals surface area contributed by atoms with Crippen LogP contribution in [0.4, 0.5) is 10.5 Å². The molecule has 10 heteroatoms. The van der Waals surface area contributed by atoms with Crippen molar-refractivity contribution < 1.29 is 28.7 Å². The van der Waals surface area contributed by atoms with Crippen molar-refractivity contribution in [2.24, 2.45) is 0 Å². The Hall–Kier alpha value is -3.95. The van der Waals surface area contributed by atoms with Crippen LogP contribution in [0.2, 0.25) is 5.02 Å². The minimum absolute atomic E-state index is 0.0991. The molecule has 0 atom stereocenters. The van der Waals surface area contributed by atoms with Gasteiger partial charge in [0.05, 0.1) is 18.4 Å². The lowest BCUT2D eigenvalue weighted by Gasteiger charge is -2.27. The Labute approximate surface area is 213 Å². The number of methoxy groups -OCH3 is 1. The summed E-state index contributed by atoms with van der Waals surface area (Å²) in [6, 6.07) is 16.3. The third-order valence-electron chi connectivity index (χ3n) is 4.98. The van der Waals surface area contributed by atoms with Crippen molar-refractivity contribution in [3.05, 3.63) is 92.9 Å². The third-order valence-corrected chi connectivity index (χ3v) is 5.73. The van der Waals surface area contributed by atoms with Gasteiger partial charge in [-0.1, -0.05) is 39.7 Å². The highest BCUT2D eigenvalue weighted by atomic mass is 79.9. The number of esters is 1. The van der Waals surface area contributed by atoms with Crippen LogP contribution in [-0.4, -0.2) is 30.9 Å². The van der Waals surface area contributed by atoms with Gasteiger partial charge in [-0.15, -0.1) is 0 Å². The van der Waals surface area contributed by atoms with Gasteiger partial charge >= 0.3 is 12.0 Å². The van der Waals surface area contributed by atoms with Crippen LogP contribution < -0.4 is 19.7 Å². The van der Waals surface area contributed by atoms with Gasteiger partial charge < -0.3 is 9.47 Å². The Morgan fingerprint density at radius 3 is 2.43 bits per heavy atom. The monoisotopic (exact) mass is 554 g/mol. The molecule has 35 heavy (non-hydrogen) atoms. The number of anilines is 1. The fourth-order valence-electron chi connectivity index (χ4n) is 3.32. The molecule has 0 spiro atoms. The highest BCUT2D eigenvalue weighted by molar-refractivity contribution is 9.10. The van der Waals surface area contributed by atoms with Crippen molar-refractivity contribution in [2.45, 2.75) is 0 Å². The average molecular weight is 556 g/mol. The highest BCUT2D eigenvalue weighted by Gasteiger charge is 2.38. The predicted octanol–water partition coefficient (Wildman–Crippen LogP) is 5.00. The van der Waals surface area contributed by atoms with E-state index in [1.165, 1.54) is 37.5 Å². The van der Waals surface area contributed by atoms with Crippen molar-refractivity contribution in [1.29, 1.82) is 0 Å². The minimum atomic E-state index is -0.912. The van der Waals surface area contributed by atoms with Gasteiger partial charge in [0.15, 0.2) is 0 Å². The molecule has 1 heterocycles. The van der Waals surface area contributed by atoms with Gasteiger partial charge in [0.2, 0.25) is 0 Å². The topological polar surface area (TPSA) is 102 Å². The van der Waals surface area contributed by atoms with Crippen LogP contribution in [0.1, 0.15) is 15.9 Å². The molecule has 4 rings (SSSR count). The summed E-state index contributed by atoms with van der Waals surface area (Å²) in [5.74, 6) is -2.04. The lowest BCUT2D eigenvalue weighted by Crippen LogP contribution is -2.54. The second-order valence-corrected chi connectivity index (χ2v) is 8.56. The SMILES string of the molecule is COc1ccccc1N1C(=O)NC(=O)/C(=C/c2cc(Br)ccc2OC(=O)c2ccc(Cl)cc2)C1=O. The normalized spacial score (nSPS) is 14.7. The number of amides is 4. The summed E-state index contributed by atoms with van der Waals surface area (Å²) in [5.41, 5.74) is 0.349. The van der Waals surface area contributed by atoms with Gasteiger partial charge in [-0.25, -0.2) is 14.5 Å². The summed E-state index contributed by atoms with van der Waals surface area (Å²) >= 11 is 9.21. The second-order valence-electron chi connectivity index (χ2n) is 7.21. The fourth-order valence-corrected chi connectivity index (χ4v) is 3.82. The number of benzene rings is 3. The molecular formula is C25H16BrClN2O6. The Morgan fingerprint density at radius 2 is 1.71 bits per heavy atom. The number of hydrogen-bond donors (Lipinski definition) is 1. The Balaban J connectivity index is 1.72. The molecule has 0 radical (unpaired) electrons. The van der Waals surface area contributed by atoms with Crippen LogP contribution in [-0.2, 0) is 9.59 Å². The summed E-state index contributed by atoms with van der Waals surface area (Å²) in [4.78, 5) is 51.9. The number of halogens is 2. The lowest BCUT2D eigenvalue weighted by molar-refractivity contribution is -0.122. The zero-order valence-corrected chi connectivity index (χ0v) is 20.4.